The molecular weight excluding hydrogens is 586 g/mol. The summed E-state index contributed by atoms with van der Waals surface area (Å²) in [5, 5.41) is 13.5. The van der Waals surface area contributed by atoms with E-state index in [1.54, 1.807) is 0 Å². The van der Waals surface area contributed by atoms with Crippen molar-refractivity contribution in [3.63, 3.8) is 0 Å². The van der Waals surface area contributed by atoms with E-state index < -0.39 is 59.8 Å². The number of ether oxygens (including phenoxy) is 1. The molecule has 19 heteroatoms. The number of urea groups is 2. The number of esters is 1. The molecule has 1 fully saturated rings. The van der Waals surface area contributed by atoms with Crippen molar-refractivity contribution in [2.24, 2.45) is 0 Å². The van der Waals surface area contributed by atoms with Gasteiger partial charge in [0.05, 0.1) is 32.5 Å². The van der Waals surface area contributed by atoms with Gasteiger partial charge in [0.25, 0.3) is 0 Å². The lowest BCUT2D eigenvalue weighted by atomic mass is 10.2. The molecular formula is C23H26F6N6O7. The van der Waals surface area contributed by atoms with Crippen molar-refractivity contribution in [1.82, 2.24) is 20.1 Å². The van der Waals surface area contributed by atoms with Gasteiger partial charge in [0, 0.05) is 12.4 Å². The van der Waals surface area contributed by atoms with E-state index in [1.165, 1.54) is 21.0 Å². The molecule has 232 valence electrons. The second-order valence-electron chi connectivity index (χ2n) is 8.28. The van der Waals surface area contributed by atoms with Crippen LogP contribution in [0.15, 0.2) is 36.7 Å². The summed E-state index contributed by atoms with van der Waals surface area (Å²) in [7, 11) is 3.47. The summed E-state index contributed by atoms with van der Waals surface area (Å²) in [6, 6.07) is -0.660. The first kappa shape index (κ1) is 34.0. The van der Waals surface area contributed by atoms with Crippen LogP contribution >= 0.6 is 0 Å². The Bertz CT molecular complexity index is 1260. The van der Waals surface area contributed by atoms with Crippen LogP contribution in [0, 0.1) is 0 Å². The summed E-state index contributed by atoms with van der Waals surface area (Å²) in [6.07, 6.45) is -8.64. The maximum atomic E-state index is 12.6. The van der Waals surface area contributed by atoms with Gasteiger partial charge < -0.3 is 9.84 Å². The van der Waals surface area contributed by atoms with Crippen molar-refractivity contribution < 1.29 is 60.2 Å². The van der Waals surface area contributed by atoms with Crippen molar-refractivity contribution >= 4 is 29.7 Å². The molecule has 0 aliphatic carbocycles. The van der Waals surface area contributed by atoms with Crippen molar-refractivity contribution in [3.05, 3.63) is 47.8 Å². The number of pyridine rings is 2. The third-order valence-corrected chi connectivity index (χ3v) is 5.59. The first-order valence-corrected chi connectivity index (χ1v) is 11.6. The van der Waals surface area contributed by atoms with Gasteiger partial charge in [-0.15, -0.1) is 0 Å². The first-order valence-electron chi connectivity index (χ1n) is 11.6. The number of anilines is 2. The van der Waals surface area contributed by atoms with Gasteiger partial charge in [0.1, 0.15) is 17.7 Å². The van der Waals surface area contributed by atoms with Crippen LogP contribution in [-0.4, -0.2) is 82.9 Å². The van der Waals surface area contributed by atoms with Crippen LogP contribution in [0.2, 0.25) is 0 Å². The van der Waals surface area contributed by atoms with E-state index >= 15 is 0 Å². The van der Waals surface area contributed by atoms with Crippen LogP contribution in [0.3, 0.4) is 0 Å². The number of nitrogens with zero attached hydrogens (tertiary/aromatic N) is 5. The van der Waals surface area contributed by atoms with Crippen molar-refractivity contribution in [1.29, 1.82) is 0 Å². The van der Waals surface area contributed by atoms with Crippen molar-refractivity contribution in [2.75, 3.05) is 31.5 Å². The van der Waals surface area contributed by atoms with Crippen LogP contribution in [0.25, 0.3) is 0 Å². The number of aliphatic hydroxyl groups excluding tert-OH is 1. The molecule has 1 unspecified atom stereocenters. The fourth-order valence-corrected chi connectivity index (χ4v) is 3.46. The van der Waals surface area contributed by atoms with Crippen LogP contribution in [0.4, 0.5) is 47.6 Å². The third-order valence-electron chi connectivity index (χ3n) is 5.59. The zero-order valence-corrected chi connectivity index (χ0v) is 22.6. The normalized spacial score (nSPS) is 17.8. The minimum atomic E-state index is -4.57. The molecule has 2 N–H and O–H groups in total. The maximum absolute atomic E-state index is 12.6. The van der Waals surface area contributed by atoms with Gasteiger partial charge in [-0.25, -0.2) is 29.3 Å². The highest BCUT2D eigenvalue weighted by Gasteiger charge is 2.45. The number of carbonyl (C=O) groups is 3. The number of aliphatic hydroxyl groups is 1. The second-order valence-corrected chi connectivity index (χ2v) is 8.28. The number of methoxy groups -OCH3 is 1. The summed E-state index contributed by atoms with van der Waals surface area (Å²) < 4.78 is 80.1. The number of aromatic nitrogens is 2. The predicted octanol–water partition coefficient (Wildman–Crippen LogP) is 3.67. The first-order chi connectivity index (χ1) is 19.5. The molecule has 1 aliphatic heterocycles. The summed E-state index contributed by atoms with van der Waals surface area (Å²) in [5.41, 5.74) is -1.92. The Labute approximate surface area is 234 Å². The minimum absolute atomic E-state index is 0.288. The summed E-state index contributed by atoms with van der Waals surface area (Å²) >= 11 is 0. The Morgan fingerprint density at radius 3 is 2.05 bits per heavy atom. The molecule has 1 saturated heterocycles. The van der Waals surface area contributed by atoms with Gasteiger partial charge in [-0.1, -0.05) is 0 Å². The van der Waals surface area contributed by atoms with Crippen LogP contribution in [0.1, 0.15) is 25.0 Å². The highest BCUT2D eigenvalue weighted by atomic mass is 19.4. The molecule has 0 aromatic carbocycles. The fraction of sp³-hybridized carbons (Fsp3) is 0.435. The third kappa shape index (κ3) is 7.95. The molecule has 0 spiro atoms. The SMILES string of the molecule is COC(=O)[C@H](C)N(OC)C(=O)Nc1cc(C(F)(F)F)ccn1.CON1C(=O)N(c2cc(C(F)(F)F)ccn2)C(O)[C@@H]1C. The zero-order chi connectivity index (χ0) is 32.0. The number of amides is 4. The highest BCUT2D eigenvalue weighted by molar-refractivity contribution is 5.93. The average Bonchev–Trinajstić information content (AvgIpc) is 3.14. The zero-order valence-electron chi connectivity index (χ0n) is 22.6. The number of hydrogen-bond donors (Lipinski definition) is 2. The average molecular weight is 612 g/mol. The molecule has 0 saturated carbocycles. The highest BCUT2D eigenvalue weighted by Crippen LogP contribution is 2.33. The quantitative estimate of drug-likeness (QED) is 0.283. The molecule has 2 aromatic heterocycles. The standard InChI is InChI=1S/C12H14F3N3O4.C11H12F3N3O3/c1-7(10(19)21-2)18(22-3)11(20)17-9-6-8(4-5-16-9)12(13,14)15;1-6-9(18)16(10(19)17(6)20-2)8-5-7(3-4-15-8)11(12,13)14/h4-7H,1-3H3,(H,16,17,20);3-6,9,18H,1-2H3/t7-;6-,9?/m00/s1. The predicted molar refractivity (Wildman–Crippen MR) is 130 cm³/mol. The number of hydrogen-bond acceptors (Lipinski definition) is 9. The number of carbonyl (C=O) groups excluding carboxylic acids is 3. The molecule has 42 heavy (non-hydrogen) atoms. The fourth-order valence-electron chi connectivity index (χ4n) is 3.46. The van der Waals surface area contributed by atoms with Crippen LogP contribution in [-0.2, 0) is 31.6 Å². The Morgan fingerprint density at radius 2 is 1.57 bits per heavy atom. The van der Waals surface area contributed by atoms with E-state index in [4.69, 9.17) is 9.68 Å². The van der Waals surface area contributed by atoms with E-state index in [9.17, 15) is 45.8 Å². The van der Waals surface area contributed by atoms with Gasteiger partial charge in [0.2, 0.25) is 0 Å². The van der Waals surface area contributed by atoms with Crippen LogP contribution in [0.5, 0.6) is 0 Å². The molecule has 3 heterocycles. The van der Waals surface area contributed by atoms with E-state index in [2.05, 4.69) is 20.0 Å². The molecule has 0 bridgehead atoms. The molecule has 2 aromatic rings. The number of nitrogens with one attached hydrogen (secondary N) is 1. The lowest BCUT2D eigenvalue weighted by molar-refractivity contribution is -0.164. The van der Waals surface area contributed by atoms with Gasteiger partial charge in [-0.3, -0.25) is 15.0 Å². The molecule has 4 amide bonds. The molecule has 3 atom stereocenters. The summed E-state index contributed by atoms with van der Waals surface area (Å²) in [5.74, 6) is -1.38. The Balaban J connectivity index is 0.000000294. The maximum Gasteiger partial charge on any atom is 0.416 e. The van der Waals surface area contributed by atoms with Gasteiger partial charge >= 0.3 is 30.4 Å². The lowest BCUT2D eigenvalue weighted by Crippen LogP contribution is -2.45. The van der Waals surface area contributed by atoms with Crippen LogP contribution < -0.4 is 10.2 Å². The largest absolute Gasteiger partial charge is 0.467 e. The Hall–Kier alpha value is -4.23. The summed E-state index contributed by atoms with van der Waals surface area (Å²) in [6.45, 7) is 2.83. The molecule has 0 radical (unpaired) electrons. The van der Waals surface area contributed by atoms with Gasteiger partial charge in [0.15, 0.2) is 12.3 Å². The number of halogens is 6. The molecule has 13 nitrogen and oxygen atoms in total. The monoisotopic (exact) mass is 612 g/mol. The van der Waals surface area contributed by atoms with E-state index in [0.29, 0.717) is 17.2 Å². The minimum Gasteiger partial charge on any atom is -0.467 e. The summed E-state index contributed by atoms with van der Waals surface area (Å²) in [4.78, 5) is 52.8. The van der Waals surface area contributed by atoms with E-state index in [1.807, 2.05) is 0 Å². The lowest BCUT2D eigenvalue weighted by Gasteiger charge is -2.24. The van der Waals surface area contributed by atoms with E-state index in [-0.39, 0.29) is 11.6 Å². The van der Waals surface area contributed by atoms with Gasteiger partial charge in [-0.2, -0.15) is 36.5 Å². The topological polar surface area (TPSA) is 147 Å². The Kier molecular flexibility index (Phi) is 11.0. The Morgan fingerprint density at radius 1 is 1.02 bits per heavy atom. The van der Waals surface area contributed by atoms with Crippen molar-refractivity contribution in [3.8, 4) is 0 Å². The number of rotatable bonds is 6. The molecule has 1 aliphatic rings. The van der Waals surface area contributed by atoms with E-state index in [0.717, 1.165) is 48.7 Å². The van der Waals surface area contributed by atoms with Crippen molar-refractivity contribution in [2.45, 2.75) is 44.5 Å². The number of hydroxylamine groups is 4. The van der Waals surface area contributed by atoms with Gasteiger partial charge in [-0.05, 0) is 38.1 Å². The smallest absolute Gasteiger partial charge is 0.416 e. The second kappa shape index (κ2) is 13.6. The number of alkyl halides is 6. The molecule has 3 rings (SSSR count).